The van der Waals surface area contributed by atoms with Gasteiger partial charge in [-0.1, -0.05) is 0 Å². The van der Waals surface area contributed by atoms with E-state index >= 15 is 0 Å². The van der Waals surface area contributed by atoms with E-state index in [0.717, 1.165) is 5.56 Å². The van der Waals surface area contributed by atoms with Crippen molar-refractivity contribution in [1.29, 1.82) is 0 Å². The highest BCUT2D eigenvalue weighted by Crippen LogP contribution is 2.39. The molecule has 1 atom stereocenters. The van der Waals surface area contributed by atoms with Gasteiger partial charge in [-0.15, -0.1) is 0 Å². The van der Waals surface area contributed by atoms with Crippen LogP contribution in [-0.4, -0.2) is 50.4 Å². The highest BCUT2D eigenvalue weighted by atomic mass is 16.6. The molecule has 0 spiro atoms. The predicted molar refractivity (Wildman–Crippen MR) is 90.9 cm³/mol. The van der Waals surface area contributed by atoms with Crippen LogP contribution in [0.25, 0.3) is 0 Å². The van der Waals surface area contributed by atoms with Crippen molar-refractivity contribution in [1.82, 2.24) is 4.90 Å². The first-order chi connectivity index (χ1) is 11.7. The number of carbonyl (C=O) groups is 2. The SMILES string of the molecule is COC(=O)[C@H]1c2cc(OC)c(OC)cc2CCN1C(=O)OC(C)(C)C. The molecule has 0 saturated carbocycles. The summed E-state index contributed by atoms with van der Waals surface area (Å²) in [4.78, 5) is 26.4. The third-order valence-electron chi connectivity index (χ3n) is 3.93. The van der Waals surface area contributed by atoms with Gasteiger partial charge in [0.15, 0.2) is 17.5 Å². The normalized spacial score (nSPS) is 16.7. The molecule has 138 valence electrons. The number of ether oxygens (including phenoxy) is 4. The minimum absolute atomic E-state index is 0.344. The van der Waals surface area contributed by atoms with Crippen molar-refractivity contribution in [2.45, 2.75) is 38.8 Å². The average Bonchev–Trinajstić information content (AvgIpc) is 2.56. The molecule has 1 aliphatic heterocycles. The molecule has 0 unspecified atom stereocenters. The second kappa shape index (κ2) is 7.21. The molecule has 7 nitrogen and oxygen atoms in total. The van der Waals surface area contributed by atoms with E-state index in [2.05, 4.69) is 0 Å². The lowest BCUT2D eigenvalue weighted by Crippen LogP contribution is -2.46. The van der Waals surface area contributed by atoms with Crippen molar-refractivity contribution in [3.63, 3.8) is 0 Å². The van der Waals surface area contributed by atoms with Crippen LogP contribution in [0.15, 0.2) is 12.1 Å². The first-order valence-corrected chi connectivity index (χ1v) is 8.04. The zero-order valence-electron chi connectivity index (χ0n) is 15.5. The number of hydrogen-bond donors (Lipinski definition) is 0. The lowest BCUT2D eigenvalue weighted by Gasteiger charge is -2.36. The van der Waals surface area contributed by atoms with Gasteiger partial charge in [0.25, 0.3) is 0 Å². The van der Waals surface area contributed by atoms with E-state index in [1.54, 1.807) is 33.9 Å². The molecule has 7 heteroatoms. The van der Waals surface area contributed by atoms with Crippen molar-refractivity contribution in [3.05, 3.63) is 23.3 Å². The minimum Gasteiger partial charge on any atom is -0.493 e. The summed E-state index contributed by atoms with van der Waals surface area (Å²) in [5, 5.41) is 0. The third kappa shape index (κ3) is 3.97. The Morgan fingerprint density at radius 3 is 2.20 bits per heavy atom. The molecule has 0 bridgehead atoms. The highest BCUT2D eigenvalue weighted by molar-refractivity contribution is 5.84. The Hall–Kier alpha value is -2.44. The lowest BCUT2D eigenvalue weighted by atomic mass is 9.92. The fourth-order valence-electron chi connectivity index (χ4n) is 2.83. The summed E-state index contributed by atoms with van der Waals surface area (Å²) >= 11 is 0. The molecule has 1 aliphatic rings. The fraction of sp³-hybridized carbons (Fsp3) is 0.556. The van der Waals surface area contributed by atoms with Crippen molar-refractivity contribution in [2.24, 2.45) is 0 Å². The zero-order valence-corrected chi connectivity index (χ0v) is 15.5. The van der Waals surface area contributed by atoms with E-state index < -0.39 is 23.7 Å². The first kappa shape index (κ1) is 18.9. The second-order valence-corrected chi connectivity index (χ2v) is 6.76. The van der Waals surface area contributed by atoms with Gasteiger partial charge in [0.2, 0.25) is 0 Å². The van der Waals surface area contributed by atoms with Gasteiger partial charge >= 0.3 is 12.1 Å². The van der Waals surface area contributed by atoms with Crippen LogP contribution >= 0.6 is 0 Å². The number of nitrogens with zero attached hydrogens (tertiary/aromatic N) is 1. The van der Waals surface area contributed by atoms with Crippen LogP contribution in [0.1, 0.15) is 37.9 Å². The maximum atomic E-state index is 12.6. The number of esters is 1. The Morgan fingerprint density at radius 2 is 1.68 bits per heavy atom. The monoisotopic (exact) mass is 351 g/mol. The van der Waals surface area contributed by atoms with E-state index in [1.165, 1.54) is 19.1 Å². The van der Waals surface area contributed by atoms with Crippen LogP contribution in [0.3, 0.4) is 0 Å². The van der Waals surface area contributed by atoms with Crippen LogP contribution in [0.4, 0.5) is 4.79 Å². The second-order valence-electron chi connectivity index (χ2n) is 6.76. The van der Waals surface area contributed by atoms with Gasteiger partial charge < -0.3 is 18.9 Å². The zero-order chi connectivity index (χ0) is 18.8. The van der Waals surface area contributed by atoms with Gasteiger partial charge in [0.05, 0.1) is 21.3 Å². The molecule has 1 heterocycles. The highest BCUT2D eigenvalue weighted by Gasteiger charge is 2.39. The van der Waals surface area contributed by atoms with Crippen LogP contribution < -0.4 is 9.47 Å². The number of benzene rings is 1. The number of amides is 1. The maximum absolute atomic E-state index is 12.6. The smallest absolute Gasteiger partial charge is 0.411 e. The number of fused-ring (bicyclic) bond motifs is 1. The van der Waals surface area contributed by atoms with Crippen molar-refractivity contribution >= 4 is 12.1 Å². The number of rotatable bonds is 3. The van der Waals surface area contributed by atoms with E-state index in [0.29, 0.717) is 30.0 Å². The van der Waals surface area contributed by atoms with Gasteiger partial charge in [0.1, 0.15) is 5.60 Å². The summed E-state index contributed by atoms with van der Waals surface area (Å²) in [7, 11) is 4.37. The molecule has 1 aromatic rings. The molecule has 0 aromatic heterocycles. The van der Waals surface area contributed by atoms with E-state index in [-0.39, 0.29) is 0 Å². The Kier molecular flexibility index (Phi) is 5.45. The molecule has 1 aromatic carbocycles. The largest absolute Gasteiger partial charge is 0.493 e. The number of methoxy groups -OCH3 is 3. The van der Waals surface area contributed by atoms with Gasteiger partial charge in [-0.2, -0.15) is 0 Å². The lowest BCUT2D eigenvalue weighted by molar-refractivity contribution is -0.147. The van der Waals surface area contributed by atoms with Gasteiger partial charge in [-0.05, 0) is 50.5 Å². The summed E-state index contributed by atoms with van der Waals surface area (Å²) in [5.74, 6) is 0.538. The molecule has 0 radical (unpaired) electrons. The standard InChI is InChI=1S/C18H25NO6/c1-18(2,3)25-17(21)19-8-7-11-9-13(22-4)14(23-5)10-12(11)15(19)16(20)24-6/h9-10,15H,7-8H2,1-6H3/t15-/m1/s1. The molecule has 0 fully saturated rings. The van der Waals surface area contributed by atoms with Gasteiger partial charge in [-0.3, -0.25) is 4.90 Å². The van der Waals surface area contributed by atoms with Gasteiger partial charge in [0, 0.05) is 6.54 Å². The summed E-state index contributed by atoms with van der Waals surface area (Å²) < 4.78 is 21.0. The molecule has 0 saturated heterocycles. The maximum Gasteiger partial charge on any atom is 0.411 e. The quantitative estimate of drug-likeness (QED) is 0.780. The Balaban J connectivity index is 2.48. The predicted octanol–water partition coefficient (Wildman–Crippen LogP) is 2.71. The Morgan fingerprint density at radius 1 is 1.08 bits per heavy atom. The first-order valence-electron chi connectivity index (χ1n) is 8.04. The summed E-state index contributed by atoms with van der Waals surface area (Å²) in [6, 6.07) is 2.66. The number of hydrogen-bond acceptors (Lipinski definition) is 6. The summed E-state index contributed by atoms with van der Waals surface area (Å²) in [6.45, 7) is 5.69. The van der Waals surface area contributed by atoms with E-state index in [1.807, 2.05) is 6.07 Å². The molecule has 0 aliphatic carbocycles. The Bertz CT molecular complexity index is 664. The minimum atomic E-state index is -0.886. The number of carbonyl (C=O) groups excluding carboxylic acids is 2. The molecule has 25 heavy (non-hydrogen) atoms. The summed E-state index contributed by atoms with van der Waals surface area (Å²) in [6.07, 6.45) is 0.0194. The van der Waals surface area contributed by atoms with Crippen LogP contribution in [-0.2, 0) is 20.7 Å². The molecule has 0 N–H and O–H groups in total. The molecule has 2 rings (SSSR count). The average molecular weight is 351 g/mol. The third-order valence-corrected chi connectivity index (χ3v) is 3.93. The molecular weight excluding hydrogens is 326 g/mol. The van der Waals surface area contributed by atoms with Crippen molar-refractivity contribution in [2.75, 3.05) is 27.9 Å². The Labute approximate surface area is 147 Å². The molecule has 1 amide bonds. The van der Waals surface area contributed by atoms with E-state index in [4.69, 9.17) is 18.9 Å². The van der Waals surface area contributed by atoms with Gasteiger partial charge in [-0.25, -0.2) is 9.59 Å². The van der Waals surface area contributed by atoms with Crippen molar-refractivity contribution < 1.29 is 28.5 Å². The topological polar surface area (TPSA) is 74.3 Å². The van der Waals surface area contributed by atoms with E-state index in [9.17, 15) is 9.59 Å². The molecular formula is C18H25NO6. The fourth-order valence-corrected chi connectivity index (χ4v) is 2.83. The van der Waals surface area contributed by atoms with Crippen LogP contribution in [0.5, 0.6) is 11.5 Å². The van der Waals surface area contributed by atoms with Crippen LogP contribution in [0.2, 0.25) is 0 Å². The van der Waals surface area contributed by atoms with Crippen molar-refractivity contribution in [3.8, 4) is 11.5 Å². The van der Waals surface area contributed by atoms with Crippen LogP contribution in [0, 0.1) is 0 Å². The summed E-state index contributed by atoms with van der Waals surface area (Å²) in [5.41, 5.74) is 0.907.